The SMILES string of the molecule is CCC(C)CCCCCCCCCC(C)CC(C)C. The molecule has 0 saturated carbocycles. The third-order valence-corrected chi connectivity index (χ3v) is 4.46. The minimum absolute atomic E-state index is 0.875. The summed E-state index contributed by atoms with van der Waals surface area (Å²) in [6.45, 7) is 11.8. The van der Waals surface area contributed by atoms with E-state index in [-0.39, 0.29) is 0 Å². The fraction of sp³-hybridized carbons (Fsp3) is 1.00. The maximum Gasteiger partial charge on any atom is -0.0440 e. The van der Waals surface area contributed by atoms with Crippen LogP contribution in [0.1, 0.15) is 105 Å². The lowest BCUT2D eigenvalue weighted by Gasteiger charge is -2.13. The summed E-state index contributed by atoms with van der Waals surface area (Å²) in [4.78, 5) is 0. The first-order valence-electron chi connectivity index (χ1n) is 9.06. The van der Waals surface area contributed by atoms with Crippen molar-refractivity contribution in [3.63, 3.8) is 0 Å². The maximum absolute atomic E-state index is 2.43. The highest BCUT2D eigenvalue weighted by Gasteiger charge is 2.04. The van der Waals surface area contributed by atoms with E-state index in [1.807, 2.05) is 0 Å². The molecule has 116 valence electrons. The molecule has 0 radical (unpaired) electrons. The van der Waals surface area contributed by atoms with Gasteiger partial charge in [0.1, 0.15) is 0 Å². The van der Waals surface area contributed by atoms with Gasteiger partial charge in [0.15, 0.2) is 0 Å². The van der Waals surface area contributed by atoms with Crippen LogP contribution in [-0.4, -0.2) is 0 Å². The monoisotopic (exact) mass is 268 g/mol. The van der Waals surface area contributed by atoms with Gasteiger partial charge in [0.25, 0.3) is 0 Å². The molecule has 0 amide bonds. The highest BCUT2D eigenvalue weighted by Crippen LogP contribution is 2.19. The Morgan fingerprint density at radius 2 is 1.00 bits per heavy atom. The van der Waals surface area contributed by atoms with Gasteiger partial charge in [-0.2, -0.15) is 0 Å². The maximum atomic E-state index is 2.43. The number of rotatable bonds is 13. The Hall–Kier alpha value is 0. The van der Waals surface area contributed by atoms with Crippen LogP contribution < -0.4 is 0 Å². The highest BCUT2D eigenvalue weighted by molar-refractivity contribution is 4.57. The number of unbranched alkanes of at least 4 members (excludes halogenated alkanes) is 6. The van der Waals surface area contributed by atoms with Crippen molar-refractivity contribution in [3.05, 3.63) is 0 Å². The van der Waals surface area contributed by atoms with Crippen molar-refractivity contribution in [2.45, 2.75) is 105 Å². The minimum atomic E-state index is 0.875. The van der Waals surface area contributed by atoms with Crippen molar-refractivity contribution in [1.29, 1.82) is 0 Å². The molecule has 0 rings (SSSR count). The van der Waals surface area contributed by atoms with Gasteiger partial charge in [0, 0.05) is 0 Å². The summed E-state index contributed by atoms with van der Waals surface area (Å²) in [7, 11) is 0. The van der Waals surface area contributed by atoms with E-state index in [2.05, 4.69) is 34.6 Å². The zero-order valence-electron chi connectivity index (χ0n) is 14.5. The molecular weight excluding hydrogens is 228 g/mol. The van der Waals surface area contributed by atoms with E-state index < -0.39 is 0 Å². The zero-order chi connectivity index (χ0) is 14.5. The summed E-state index contributed by atoms with van der Waals surface area (Å²) in [5, 5.41) is 0. The standard InChI is InChI=1S/C19H40/c1-6-18(4)14-12-10-8-7-9-11-13-15-19(5)16-17(2)3/h17-19H,6-16H2,1-5H3. The van der Waals surface area contributed by atoms with Crippen molar-refractivity contribution < 1.29 is 0 Å². The molecule has 0 aromatic heterocycles. The van der Waals surface area contributed by atoms with Crippen LogP contribution in [-0.2, 0) is 0 Å². The van der Waals surface area contributed by atoms with E-state index in [0.29, 0.717) is 0 Å². The molecule has 0 aromatic rings. The lowest BCUT2D eigenvalue weighted by atomic mass is 9.93. The van der Waals surface area contributed by atoms with Crippen molar-refractivity contribution in [3.8, 4) is 0 Å². The quantitative estimate of drug-likeness (QED) is 0.309. The van der Waals surface area contributed by atoms with Crippen LogP contribution in [0.25, 0.3) is 0 Å². The van der Waals surface area contributed by atoms with Crippen molar-refractivity contribution in [1.82, 2.24) is 0 Å². The Bertz CT molecular complexity index is 171. The predicted octanol–water partition coefficient (Wildman–Crippen LogP) is 7.23. The lowest BCUT2D eigenvalue weighted by molar-refractivity contribution is 0.396. The molecule has 0 nitrogen and oxygen atoms in total. The topological polar surface area (TPSA) is 0 Å². The largest absolute Gasteiger partial charge is 0.0651 e. The van der Waals surface area contributed by atoms with Crippen LogP contribution >= 0.6 is 0 Å². The van der Waals surface area contributed by atoms with Crippen LogP contribution in [0, 0.1) is 17.8 Å². The molecule has 0 fully saturated rings. The molecule has 0 heterocycles. The normalized spacial score (nSPS) is 14.8. The van der Waals surface area contributed by atoms with E-state index in [1.54, 1.807) is 0 Å². The summed E-state index contributed by atoms with van der Waals surface area (Å²) < 4.78 is 0. The number of hydrogen-bond acceptors (Lipinski definition) is 0. The van der Waals surface area contributed by atoms with Gasteiger partial charge in [0.05, 0.1) is 0 Å². The van der Waals surface area contributed by atoms with E-state index in [0.717, 1.165) is 17.8 Å². The molecule has 19 heavy (non-hydrogen) atoms. The van der Waals surface area contributed by atoms with Crippen LogP contribution in [0.5, 0.6) is 0 Å². The van der Waals surface area contributed by atoms with Crippen molar-refractivity contribution in [2.24, 2.45) is 17.8 Å². The average molecular weight is 269 g/mol. The van der Waals surface area contributed by atoms with E-state index in [1.165, 1.54) is 70.6 Å². The first-order valence-corrected chi connectivity index (χ1v) is 9.06. The molecule has 0 saturated heterocycles. The molecule has 0 heteroatoms. The molecule has 2 unspecified atom stereocenters. The number of hydrogen-bond donors (Lipinski definition) is 0. The zero-order valence-corrected chi connectivity index (χ0v) is 14.5. The van der Waals surface area contributed by atoms with Gasteiger partial charge in [-0.05, 0) is 24.2 Å². The van der Waals surface area contributed by atoms with Gasteiger partial charge in [-0.3, -0.25) is 0 Å². The van der Waals surface area contributed by atoms with Crippen LogP contribution in [0.4, 0.5) is 0 Å². The second-order valence-corrected chi connectivity index (χ2v) is 7.30. The summed E-state index contributed by atoms with van der Waals surface area (Å²) in [5.41, 5.74) is 0. The predicted molar refractivity (Wildman–Crippen MR) is 89.6 cm³/mol. The van der Waals surface area contributed by atoms with Gasteiger partial charge < -0.3 is 0 Å². The molecule has 0 aliphatic rings. The molecule has 0 N–H and O–H groups in total. The Labute approximate surface area is 123 Å². The van der Waals surface area contributed by atoms with Gasteiger partial charge in [-0.25, -0.2) is 0 Å². The Kier molecular flexibility index (Phi) is 13.0. The van der Waals surface area contributed by atoms with Crippen molar-refractivity contribution in [2.75, 3.05) is 0 Å². The molecule has 0 aliphatic heterocycles. The minimum Gasteiger partial charge on any atom is -0.0651 e. The fourth-order valence-corrected chi connectivity index (χ4v) is 3.00. The second-order valence-electron chi connectivity index (χ2n) is 7.30. The first kappa shape index (κ1) is 19.0. The van der Waals surface area contributed by atoms with Gasteiger partial charge >= 0.3 is 0 Å². The average Bonchev–Trinajstić information content (AvgIpc) is 2.35. The van der Waals surface area contributed by atoms with Gasteiger partial charge in [-0.1, -0.05) is 98.8 Å². The van der Waals surface area contributed by atoms with Crippen molar-refractivity contribution >= 4 is 0 Å². The fourth-order valence-electron chi connectivity index (χ4n) is 3.00. The lowest BCUT2D eigenvalue weighted by Crippen LogP contribution is -1.99. The Balaban J connectivity index is 3.14. The molecular formula is C19H40. The molecule has 0 aliphatic carbocycles. The molecule has 0 bridgehead atoms. The van der Waals surface area contributed by atoms with E-state index >= 15 is 0 Å². The smallest absolute Gasteiger partial charge is 0.0440 e. The summed E-state index contributed by atoms with van der Waals surface area (Å²) in [6, 6.07) is 0. The van der Waals surface area contributed by atoms with E-state index in [4.69, 9.17) is 0 Å². The highest BCUT2D eigenvalue weighted by atomic mass is 14.1. The Morgan fingerprint density at radius 1 is 0.579 bits per heavy atom. The van der Waals surface area contributed by atoms with Gasteiger partial charge in [-0.15, -0.1) is 0 Å². The Morgan fingerprint density at radius 3 is 1.42 bits per heavy atom. The molecule has 0 spiro atoms. The third kappa shape index (κ3) is 14.2. The van der Waals surface area contributed by atoms with Crippen LogP contribution in [0.3, 0.4) is 0 Å². The van der Waals surface area contributed by atoms with E-state index in [9.17, 15) is 0 Å². The summed E-state index contributed by atoms with van der Waals surface area (Å²) in [6.07, 6.45) is 15.9. The molecule has 2 atom stereocenters. The van der Waals surface area contributed by atoms with Crippen LogP contribution in [0.2, 0.25) is 0 Å². The third-order valence-electron chi connectivity index (χ3n) is 4.46. The first-order chi connectivity index (χ1) is 9.06. The summed E-state index contributed by atoms with van der Waals surface area (Å²) >= 11 is 0. The van der Waals surface area contributed by atoms with Gasteiger partial charge in [0.2, 0.25) is 0 Å². The summed E-state index contributed by atoms with van der Waals surface area (Å²) in [5.74, 6) is 2.76. The second kappa shape index (κ2) is 13.0. The molecule has 0 aromatic carbocycles. The van der Waals surface area contributed by atoms with Crippen LogP contribution in [0.15, 0.2) is 0 Å².